The van der Waals surface area contributed by atoms with Crippen LogP contribution in [-0.4, -0.2) is 30.6 Å². The number of rotatable bonds is 7. The van der Waals surface area contributed by atoms with Crippen LogP contribution >= 0.6 is 15.9 Å². The summed E-state index contributed by atoms with van der Waals surface area (Å²) in [5, 5.41) is 5.98. The molecule has 0 aliphatic heterocycles. The lowest BCUT2D eigenvalue weighted by Crippen LogP contribution is -2.28. The maximum absolute atomic E-state index is 11.9. The summed E-state index contributed by atoms with van der Waals surface area (Å²) in [7, 11) is 1.91. The molecule has 0 unspecified atom stereocenters. The third-order valence-corrected chi connectivity index (χ3v) is 2.88. The summed E-state index contributed by atoms with van der Waals surface area (Å²) in [5.41, 5.74) is 0.725. The number of amides is 1. The number of nitrogens with zero attached hydrogens (tertiary/aromatic N) is 1. The third kappa shape index (κ3) is 4.52. The molecule has 1 amide bonds. The monoisotopic (exact) mass is 301 g/mol. The number of carbonyl (C=O) groups excluding carboxylic acids is 1. The zero-order chi connectivity index (χ0) is 12.7. The number of hydrogen-bond acceptors (Lipinski definition) is 2. The Hall–Kier alpha value is -0.810. The number of hydrogen-bond donors (Lipinski definition) is 2. The van der Waals surface area contributed by atoms with Crippen LogP contribution in [0.3, 0.4) is 0 Å². The van der Waals surface area contributed by atoms with Crippen LogP contribution in [-0.2, 0) is 6.54 Å². The molecule has 1 rings (SSSR count). The van der Waals surface area contributed by atoms with Gasteiger partial charge in [-0.3, -0.25) is 4.79 Å². The van der Waals surface area contributed by atoms with Gasteiger partial charge in [-0.1, -0.05) is 6.92 Å². The molecule has 17 heavy (non-hydrogen) atoms. The van der Waals surface area contributed by atoms with Crippen LogP contribution in [0.15, 0.2) is 16.7 Å². The van der Waals surface area contributed by atoms with Gasteiger partial charge in [0.2, 0.25) is 0 Å². The molecule has 0 spiro atoms. The lowest BCUT2D eigenvalue weighted by molar-refractivity contribution is 0.0944. The van der Waals surface area contributed by atoms with Gasteiger partial charge in [0.25, 0.3) is 5.91 Å². The fourth-order valence-corrected chi connectivity index (χ4v) is 2.11. The summed E-state index contributed by atoms with van der Waals surface area (Å²) in [5.74, 6) is 0.000234. The van der Waals surface area contributed by atoms with Gasteiger partial charge in [-0.25, -0.2) is 0 Å². The van der Waals surface area contributed by atoms with Gasteiger partial charge >= 0.3 is 0 Å². The minimum Gasteiger partial charge on any atom is -0.351 e. The molecule has 96 valence electrons. The molecule has 5 heteroatoms. The third-order valence-electron chi connectivity index (χ3n) is 2.45. The van der Waals surface area contributed by atoms with Crippen LogP contribution in [0, 0.1) is 0 Å². The first kappa shape index (κ1) is 14.3. The molecule has 0 radical (unpaired) electrons. The van der Waals surface area contributed by atoms with Crippen molar-refractivity contribution >= 4 is 21.8 Å². The lowest BCUT2D eigenvalue weighted by Gasteiger charge is -2.08. The fraction of sp³-hybridized carbons (Fsp3) is 0.583. The molecule has 0 aliphatic carbocycles. The van der Waals surface area contributed by atoms with Crippen LogP contribution in [0.2, 0.25) is 0 Å². The Kier molecular flexibility index (Phi) is 6.29. The molecule has 0 saturated carbocycles. The second-order valence-electron chi connectivity index (χ2n) is 3.95. The second-order valence-corrected chi connectivity index (χ2v) is 4.87. The van der Waals surface area contributed by atoms with Crippen molar-refractivity contribution in [2.45, 2.75) is 26.3 Å². The topological polar surface area (TPSA) is 46.1 Å². The Labute approximate surface area is 111 Å². The van der Waals surface area contributed by atoms with Crippen molar-refractivity contribution in [3.63, 3.8) is 0 Å². The van der Waals surface area contributed by atoms with E-state index in [9.17, 15) is 4.79 Å². The summed E-state index contributed by atoms with van der Waals surface area (Å²) < 4.78 is 2.93. The van der Waals surface area contributed by atoms with E-state index in [1.54, 1.807) is 0 Å². The van der Waals surface area contributed by atoms with Crippen molar-refractivity contribution < 1.29 is 4.79 Å². The van der Waals surface area contributed by atoms with E-state index in [0.717, 1.165) is 36.1 Å². The molecule has 4 nitrogen and oxygen atoms in total. The van der Waals surface area contributed by atoms with Gasteiger partial charge in [0.05, 0.1) is 0 Å². The van der Waals surface area contributed by atoms with Crippen molar-refractivity contribution in [1.29, 1.82) is 0 Å². The van der Waals surface area contributed by atoms with E-state index in [-0.39, 0.29) is 5.91 Å². The van der Waals surface area contributed by atoms with Crippen molar-refractivity contribution in [2.24, 2.45) is 0 Å². The molecule has 1 aromatic rings. The number of halogens is 1. The van der Waals surface area contributed by atoms with Gasteiger partial charge in [0.15, 0.2) is 0 Å². The predicted octanol–water partition coefficient (Wildman–Crippen LogP) is 2.00. The Morgan fingerprint density at radius 2 is 2.24 bits per heavy atom. The zero-order valence-corrected chi connectivity index (χ0v) is 12.0. The SMILES string of the molecule is CCCn1cc(Br)cc1C(=O)NCCCNC. The smallest absolute Gasteiger partial charge is 0.267 e. The number of aromatic nitrogens is 1. The van der Waals surface area contributed by atoms with Crippen LogP contribution in [0.1, 0.15) is 30.3 Å². The molecular weight excluding hydrogens is 282 g/mol. The van der Waals surface area contributed by atoms with Crippen LogP contribution in [0.25, 0.3) is 0 Å². The van der Waals surface area contributed by atoms with Crippen LogP contribution < -0.4 is 10.6 Å². The van der Waals surface area contributed by atoms with Crippen molar-refractivity contribution in [3.8, 4) is 0 Å². The molecular formula is C12H20BrN3O. The number of nitrogens with one attached hydrogen (secondary N) is 2. The molecule has 1 aromatic heterocycles. The lowest BCUT2D eigenvalue weighted by atomic mass is 10.3. The van der Waals surface area contributed by atoms with Gasteiger partial charge in [-0.2, -0.15) is 0 Å². The summed E-state index contributed by atoms with van der Waals surface area (Å²) in [6.45, 7) is 4.59. The van der Waals surface area contributed by atoms with Gasteiger partial charge in [0.1, 0.15) is 5.69 Å². The minimum atomic E-state index is 0.000234. The maximum Gasteiger partial charge on any atom is 0.267 e. The molecule has 1 heterocycles. The van der Waals surface area contributed by atoms with Crippen molar-refractivity contribution in [2.75, 3.05) is 20.1 Å². The van der Waals surface area contributed by atoms with Gasteiger partial charge < -0.3 is 15.2 Å². The highest BCUT2D eigenvalue weighted by Gasteiger charge is 2.11. The largest absolute Gasteiger partial charge is 0.351 e. The van der Waals surface area contributed by atoms with Crippen LogP contribution in [0.4, 0.5) is 0 Å². The van der Waals surface area contributed by atoms with E-state index in [4.69, 9.17) is 0 Å². The second kappa shape index (κ2) is 7.50. The Morgan fingerprint density at radius 1 is 1.47 bits per heavy atom. The quantitative estimate of drug-likeness (QED) is 0.757. The molecule has 0 bridgehead atoms. The van der Waals surface area contributed by atoms with E-state index in [0.29, 0.717) is 6.54 Å². The summed E-state index contributed by atoms with van der Waals surface area (Å²) >= 11 is 3.40. The van der Waals surface area contributed by atoms with Crippen molar-refractivity contribution in [3.05, 3.63) is 22.4 Å². The number of aryl methyl sites for hydroxylation is 1. The summed E-state index contributed by atoms with van der Waals surface area (Å²) in [6.07, 6.45) is 3.91. The van der Waals surface area contributed by atoms with E-state index in [1.807, 2.05) is 23.9 Å². The molecule has 2 N–H and O–H groups in total. The summed E-state index contributed by atoms with van der Waals surface area (Å²) in [6, 6.07) is 1.86. The highest BCUT2D eigenvalue weighted by atomic mass is 79.9. The standard InChI is InChI=1S/C12H20BrN3O/c1-3-7-16-9-10(13)8-11(16)12(17)15-6-4-5-14-2/h8-9,14H,3-7H2,1-2H3,(H,15,17). The van der Waals surface area contributed by atoms with E-state index < -0.39 is 0 Å². The first-order chi connectivity index (χ1) is 8.19. The predicted molar refractivity (Wildman–Crippen MR) is 73.3 cm³/mol. The Morgan fingerprint density at radius 3 is 2.88 bits per heavy atom. The average Bonchev–Trinajstić information content (AvgIpc) is 2.66. The normalized spacial score (nSPS) is 10.5. The van der Waals surface area contributed by atoms with E-state index in [2.05, 4.69) is 33.5 Å². The fourth-order valence-electron chi connectivity index (χ4n) is 1.65. The zero-order valence-electron chi connectivity index (χ0n) is 10.4. The molecule has 0 fully saturated rings. The average molecular weight is 302 g/mol. The highest BCUT2D eigenvalue weighted by molar-refractivity contribution is 9.10. The van der Waals surface area contributed by atoms with Gasteiger partial charge in [-0.05, 0) is 48.4 Å². The molecule has 0 aromatic carbocycles. The van der Waals surface area contributed by atoms with Gasteiger partial charge in [-0.15, -0.1) is 0 Å². The Balaban J connectivity index is 2.55. The van der Waals surface area contributed by atoms with E-state index >= 15 is 0 Å². The Bertz CT molecular complexity index is 363. The minimum absolute atomic E-state index is 0.000234. The summed E-state index contributed by atoms with van der Waals surface area (Å²) in [4.78, 5) is 11.9. The molecule has 0 saturated heterocycles. The number of carbonyl (C=O) groups is 1. The molecule has 0 aliphatic rings. The maximum atomic E-state index is 11.9. The first-order valence-electron chi connectivity index (χ1n) is 5.97. The van der Waals surface area contributed by atoms with Crippen molar-refractivity contribution in [1.82, 2.24) is 15.2 Å². The van der Waals surface area contributed by atoms with E-state index in [1.165, 1.54) is 0 Å². The first-order valence-corrected chi connectivity index (χ1v) is 6.76. The van der Waals surface area contributed by atoms with Gasteiger partial charge in [0, 0.05) is 23.8 Å². The molecule has 0 atom stereocenters. The van der Waals surface area contributed by atoms with Crippen LogP contribution in [0.5, 0.6) is 0 Å². The highest BCUT2D eigenvalue weighted by Crippen LogP contribution is 2.15.